The first-order valence-corrected chi connectivity index (χ1v) is 11.4. The molecule has 2 heterocycles. The largest absolute Gasteiger partial charge is 0.417 e. The highest BCUT2D eigenvalue weighted by atomic mass is 35.5. The van der Waals surface area contributed by atoms with Crippen molar-refractivity contribution in [1.82, 2.24) is 14.8 Å². The van der Waals surface area contributed by atoms with Gasteiger partial charge in [0, 0.05) is 24.2 Å². The van der Waals surface area contributed by atoms with Gasteiger partial charge in [-0.25, -0.2) is 8.42 Å². The minimum absolute atomic E-state index is 0.211. The SMILES string of the molecule is O=S(=O)(Nc1ccc(-c2nnc3n2CCCCC3)cc1)c1ccc(Cl)c(C(F)(F)F)c1. The van der Waals surface area contributed by atoms with E-state index in [4.69, 9.17) is 11.6 Å². The van der Waals surface area contributed by atoms with Crippen molar-refractivity contribution >= 4 is 27.3 Å². The first-order valence-electron chi connectivity index (χ1n) is 9.57. The zero-order chi connectivity index (χ0) is 22.2. The number of fused-ring (bicyclic) bond motifs is 1. The molecule has 6 nitrogen and oxygen atoms in total. The Bertz CT molecular complexity index is 1210. The molecule has 0 aliphatic carbocycles. The van der Waals surface area contributed by atoms with E-state index in [1.165, 1.54) is 12.1 Å². The van der Waals surface area contributed by atoms with Crippen LogP contribution in [0.25, 0.3) is 11.4 Å². The molecule has 0 radical (unpaired) electrons. The molecule has 0 unspecified atom stereocenters. The Kier molecular flexibility index (Phi) is 5.69. The number of hydrogen-bond acceptors (Lipinski definition) is 4. The summed E-state index contributed by atoms with van der Waals surface area (Å²) in [6, 6.07) is 8.92. The minimum atomic E-state index is -4.76. The zero-order valence-corrected chi connectivity index (χ0v) is 17.7. The molecule has 0 amide bonds. The summed E-state index contributed by atoms with van der Waals surface area (Å²) in [6.07, 6.45) is -0.660. The van der Waals surface area contributed by atoms with E-state index in [2.05, 4.69) is 19.5 Å². The molecule has 164 valence electrons. The van der Waals surface area contributed by atoms with Crippen LogP contribution in [-0.4, -0.2) is 23.2 Å². The van der Waals surface area contributed by atoms with Crippen LogP contribution in [0.2, 0.25) is 5.02 Å². The second kappa shape index (κ2) is 8.16. The highest BCUT2D eigenvalue weighted by Gasteiger charge is 2.34. The van der Waals surface area contributed by atoms with Gasteiger partial charge < -0.3 is 4.57 Å². The highest BCUT2D eigenvalue weighted by molar-refractivity contribution is 7.92. The normalized spacial score (nSPS) is 14.7. The standard InChI is InChI=1S/C20H18ClF3N4O2S/c21-17-10-9-15(12-16(17)20(22,23)24)31(29,30)27-14-7-5-13(6-8-14)19-26-25-18-4-2-1-3-11-28(18)19/h5-10,12,27H,1-4,11H2. The first kappa shape index (κ1) is 21.6. The van der Waals surface area contributed by atoms with Crippen molar-refractivity contribution in [3.05, 3.63) is 58.9 Å². The van der Waals surface area contributed by atoms with Gasteiger partial charge in [0.1, 0.15) is 5.82 Å². The third kappa shape index (κ3) is 4.54. The smallest absolute Gasteiger partial charge is 0.311 e. The van der Waals surface area contributed by atoms with Crippen LogP contribution in [0.1, 0.15) is 30.7 Å². The number of anilines is 1. The van der Waals surface area contributed by atoms with Crippen LogP contribution in [0.3, 0.4) is 0 Å². The van der Waals surface area contributed by atoms with E-state index in [-0.39, 0.29) is 5.69 Å². The van der Waals surface area contributed by atoms with E-state index in [9.17, 15) is 21.6 Å². The lowest BCUT2D eigenvalue weighted by atomic mass is 10.2. The zero-order valence-electron chi connectivity index (χ0n) is 16.2. The fourth-order valence-corrected chi connectivity index (χ4v) is 4.80. The molecule has 0 fully saturated rings. The fraction of sp³-hybridized carbons (Fsp3) is 0.300. The molecular formula is C20H18ClF3N4O2S. The summed E-state index contributed by atoms with van der Waals surface area (Å²) < 4.78 is 68.7. The predicted molar refractivity (Wildman–Crippen MR) is 110 cm³/mol. The van der Waals surface area contributed by atoms with Crippen LogP contribution in [0.15, 0.2) is 47.4 Å². The van der Waals surface area contributed by atoms with Crippen molar-refractivity contribution in [2.45, 2.75) is 43.3 Å². The van der Waals surface area contributed by atoms with E-state index >= 15 is 0 Å². The van der Waals surface area contributed by atoms with Crippen LogP contribution in [0.4, 0.5) is 18.9 Å². The number of nitrogens with one attached hydrogen (secondary N) is 1. The molecule has 0 spiro atoms. The van der Waals surface area contributed by atoms with Crippen LogP contribution >= 0.6 is 11.6 Å². The Morgan fingerprint density at radius 2 is 1.74 bits per heavy atom. The number of sulfonamides is 1. The molecule has 3 aromatic rings. The second-order valence-corrected chi connectivity index (χ2v) is 9.31. The van der Waals surface area contributed by atoms with E-state index in [1.54, 1.807) is 12.1 Å². The van der Waals surface area contributed by atoms with Gasteiger partial charge in [-0.05, 0) is 55.3 Å². The van der Waals surface area contributed by atoms with E-state index in [0.29, 0.717) is 11.9 Å². The maximum Gasteiger partial charge on any atom is 0.417 e. The van der Waals surface area contributed by atoms with E-state index in [0.717, 1.165) is 55.7 Å². The molecule has 1 aromatic heterocycles. The van der Waals surface area contributed by atoms with Crippen LogP contribution < -0.4 is 4.72 Å². The highest BCUT2D eigenvalue weighted by Crippen LogP contribution is 2.36. The molecule has 11 heteroatoms. The van der Waals surface area contributed by atoms with Gasteiger partial charge in [0.05, 0.1) is 15.5 Å². The van der Waals surface area contributed by atoms with Gasteiger partial charge >= 0.3 is 6.18 Å². The lowest BCUT2D eigenvalue weighted by Gasteiger charge is -2.13. The molecule has 1 aliphatic rings. The quantitative estimate of drug-likeness (QED) is 0.572. The number of alkyl halides is 3. The summed E-state index contributed by atoms with van der Waals surface area (Å²) in [5.74, 6) is 1.64. The van der Waals surface area contributed by atoms with Crippen molar-refractivity contribution < 1.29 is 21.6 Å². The molecule has 2 aromatic carbocycles. The molecule has 0 atom stereocenters. The molecular weight excluding hydrogens is 453 g/mol. The lowest BCUT2D eigenvalue weighted by Crippen LogP contribution is -2.15. The molecule has 0 saturated carbocycles. The van der Waals surface area contributed by atoms with Gasteiger partial charge in [0.2, 0.25) is 0 Å². The molecule has 1 aliphatic heterocycles. The van der Waals surface area contributed by atoms with Gasteiger partial charge in [-0.3, -0.25) is 4.72 Å². The first-order chi connectivity index (χ1) is 14.6. The molecule has 1 N–H and O–H groups in total. The minimum Gasteiger partial charge on any atom is -0.311 e. The van der Waals surface area contributed by atoms with E-state index in [1.807, 2.05) is 0 Å². The second-order valence-electron chi connectivity index (χ2n) is 7.22. The Morgan fingerprint density at radius 3 is 2.45 bits per heavy atom. The van der Waals surface area contributed by atoms with Gasteiger partial charge in [-0.1, -0.05) is 18.0 Å². The van der Waals surface area contributed by atoms with Gasteiger partial charge in [-0.15, -0.1) is 10.2 Å². The summed E-state index contributed by atoms with van der Waals surface area (Å²) in [5.41, 5.74) is -0.225. The van der Waals surface area contributed by atoms with Crippen molar-refractivity contribution in [2.24, 2.45) is 0 Å². The Labute approximate surface area is 182 Å². The average Bonchev–Trinajstić information content (AvgIpc) is 2.96. The number of rotatable bonds is 4. The van der Waals surface area contributed by atoms with Crippen molar-refractivity contribution in [2.75, 3.05) is 4.72 Å². The predicted octanol–water partition coefficient (Wildman–Crippen LogP) is 5.14. The summed E-state index contributed by atoms with van der Waals surface area (Å²) in [5, 5.41) is 7.94. The number of halogens is 4. The number of aromatic nitrogens is 3. The third-order valence-corrected chi connectivity index (χ3v) is 6.77. The van der Waals surface area contributed by atoms with Crippen molar-refractivity contribution in [1.29, 1.82) is 0 Å². The monoisotopic (exact) mass is 470 g/mol. The Hall–Kier alpha value is -2.59. The summed E-state index contributed by atoms with van der Waals surface area (Å²) in [4.78, 5) is -0.531. The third-order valence-electron chi connectivity index (χ3n) is 5.06. The van der Waals surface area contributed by atoms with Gasteiger partial charge in [0.25, 0.3) is 10.0 Å². The topological polar surface area (TPSA) is 76.9 Å². The average molecular weight is 471 g/mol. The Morgan fingerprint density at radius 1 is 1.00 bits per heavy atom. The molecule has 0 bridgehead atoms. The van der Waals surface area contributed by atoms with Gasteiger partial charge in [0.15, 0.2) is 5.82 Å². The number of hydrogen-bond donors (Lipinski definition) is 1. The summed E-state index contributed by atoms with van der Waals surface area (Å²) >= 11 is 5.57. The number of benzene rings is 2. The summed E-state index contributed by atoms with van der Waals surface area (Å²) in [6.45, 7) is 0.824. The number of nitrogens with zero attached hydrogens (tertiary/aromatic N) is 3. The van der Waals surface area contributed by atoms with E-state index < -0.39 is 31.7 Å². The van der Waals surface area contributed by atoms with Crippen LogP contribution in [0, 0.1) is 0 Å². The Balaban J connectivity index is 1.58. The van der Waals surface area contributed by atoms with Crippen LogP contribution in [-0.2, 0) is 29.2 Å². The molecule has 0 saturated heterocycles. The maximum absolute atomic E-state index is 13.1. The van der Waals surface area contributed by atoms with Gasteiger partial charge in [-0.2, -0.15) is 13.2 Å². The molecule has 31 heavy (non-hydrogen) atoms. The fourth-order valence-electron chi connectivity index (χ4n) is 3.49. The van der Waals surface area contributed by atoms with Crippen molar-refractivity contribution in [3.8, 4) is 11.4 Å². The number of aryl methyl sites for hydroxylation is 1. The lowest BCUT2D eigenvalue weighted by molar-refractivity contribution is -0.137. The van der Waals surface area contributed by atoms with Crippen molar-refractivity contribution in [3.63, 3.8) is 0 Å². The summed E-state index contributed by atoms with van der Waals surface area (Å²) in [7, 11) is -4.24. The maximum atomic E-state index is 13.1. The van der Waals surface area contributed by atoms with Crippen LogP contribution in [0.5, 0.6) is 0 Å². The molecule has 4 rings (SSSR count).